The second-order valence-corrected chi connectivity index (χ2v) is 7.13. The number of nitrogens with zero attached hydrogens (tertiary/aromatic N) is 1. The third kappa shape index (κ3) is 7.56. The van der Waals surface area contributed by atoms with E-state index in [0.717, 1.165) is 5.56 Å². The molecule has 0 aliphatic carbocycles. The van der Waals surface area contributed by atoms with Crippen molar-refractivity contribution in [1.82, 2.24) is 10.7 Å². The maximum absolute atomic E-state index is 12.0. The lowest BCUT2D eigenvalue weighted by molar-refractivity contribution is -0.136. The first-order valence-electron chi connectivity index (χ1n) is 9.17. The van der Waals surface area contributed by atoms with Gasteiger partial charge in [-0.25, -0.2) is 5.43 Å². The number of carbonyl (C=O) groups excluding carboxylic acids is 3. The fourth-order valence-electron chi connectivity index (χ4n) is 2.29. The number of amides is 3. The zero-order valence-corrected chi connectivity index (χ0v) is 17.6. The lowest BCUT2D eigenvalue weighted by Crippen LogP contribution is -2.34. The van der Waals surface area contributed by atoms with E-state index in [9.17, 15) is 14.4 Å². The van der Waals surface area contributed by atoms with Crippen LogP contribution in [0.15, 0.2) is 47.6 Å². The van der Waals surface area contributed by atoms with Gasteiger partial charge in [0.2, 0.25) is 0 Å². The summed E-state index contributed by atoms with van der Waals surface area (Å²) >= 11 is 5.89. The summed E-state index contributed by atoms with van der Waals surface area (Å²) in [6.07, 6.45) is 1.38. The summed E-state index contributed by atoms with van der Waals surface area (Å²) in [5.41, 5.74) is 4.05. The summed E-state index contributed by atoms with van der Waals surface area (Å²) < 4.78 is 5.38. The molecule has 0 aromatic heterocycles. The van der Waals surface area contributed by atoms with Crippen molar-refractivity contribution in [2.45, 2.75) is 26.8 Å². The molecule has 0 aliphatic heterocycles. The Morgan fingerprint density at radius 3 is 2.47 bits per heavy atom. The van der Waals surface area contributed by atoms with Gasteiger partial charge < -0.3 is 15.4 Å². The molecule has 158 valence electrons. The van der Waals surface area contributed by atoms with Crippen molar-refractivity contribution >= 4 is 41.2 Å². The number of benzene rings is 2. The summed E-state index contributed by atoms with van der Waals surface area (Å²) in [4.78, 5) is 35.4. The molecule has 0 atom stereocenters. The first-order chi connectivity index (χ1) is 14.2. The summed E-state index contributed by atoms with van der Waals surface area (Å²) in [5, 5.41) is 9.42. The van der Waals surface area contributed by atoms with Gasteiger partial charge in [0.15, 0.2) is 6.61 Å². The maximum atomic E-state index is 12.0. The van der Waals surface area contributed by atoms with Gasteiger partial charge >= 0.3 is 11.8 Å². The van der Waals surface area contributed by atoms with E-state index in [1.54, 1.807) is 49.4 Å². The fourth-order valence-corrected chi connectivity index (χ4v) is 2.46. The number of nitrogens with one attached hydrogen (secondary N) is 3. The van der Waals surface area contributed by atoms with Crippen molar-refractivity contribution in [3.8, 4) is 5.75 Å². The van der Waals surface area contributed by atoms with Crippen LogP contribution in [0.2, 0.25) is 5.02 Å². The molecular weight excluding hydrogens is 408 g/mol. The number of halogens is 1. The molecule has 2 aromatic carbocycles. The minimum atomic E-state index is -0.915. The summed E-state index contributed by atoms with van der Waals surface area (Å²) in [6.45, 7) is 5.44. The Hall–Kier alpha value is -3.39. The molecule has 0 radical (unpaired) electrons. The van der Waals surface area contributed by atoms with Crippen molar-refractivity contribution in [2.75, 3.05) is 11.9 Å². The number of hydrogen-bond donors (Lipinski definition) is 3. The highest BCUT2D eigenvalue weighted by Gasteiger charge is 2.14. The number of carbonyl (C=O) groups is 3. The number of ether oxygens (including phenoxy) is 1. The average Bonchev–Trinajstić information content (AvgIpc) is 2.69. The van der Waals surface area contributed by atoms with Gasteiger partial charge in [-0.1, -0.05) is 17.7 Å². The highest BCUT2D eigenvalue weighted by molar-refractivity contribution is 6.40. The van der Waals surface area contributed by atoms with E-state index in [1.165, 1.54) is 6.21 Å². The smallest absolute Gasteiger partial charge is 0.329 e. The number of aryl methyl sites for hydroxylation is 1. The molecule has 0 bridgehead atoms. The van der Waals surface area contributed by atoms with Gasteiger partial charge in [0.25, 0.3) is 5.91 Å². The molecule has 2 rings (SSSR count). The summed E-state index contributed by atoms with van der Waals surface area (Å²) in [6, 6.07) is 11.8. The van der Waals surface area contributed by atoms with E-state index in [4.69, 9.17) is 16.3 Å². The van der Waals surface area contributed by atoms with E-state index in [2.05, 4.69) is 21.2 Å². The van der Waals surface area contributed by atoms with Crippen molar-refractivity contribution in [2.24, 2.45) is 5.10 Å². The van der Waals surface area contributed by atoms with Gasteiger partial charge in [-0.3, -0.25) is 14.4 Å². The van der Waals surface area contributed by atoms with Gasteiger partial charge in [0, 0.05) is 16.8 Å². The predicted octanol–water partition coefficient (Wildman–Crippen LogP) is 2.64. The van der Waals surface area contributed by atoms with Gasteiger partial charge in [0.1, 0.15) is 5.75 Å². The predicted molar refractivity (Wildman–Crippen MR) is 116 cm³/mol. The Morgan fingerprint density at radius 1 is 1.10 bits per heavy atom. The number of hydrazone groups is 1. The molecule has 2 aromatic rings. The van der Waals surface area contributed by atoms with Crippen LogP contribution in [0, 0.1) is 6.92 Å². The fraction of sp³-hybridized carbons (Fsp3) is 0.238. The third-order valence-electron chi connectivity index (χ3n) is 3.73. The van der Waals surface area contributed by atoms with Crippen molar-refractivity contribution < 1.29 is 19.1 Å². The highest BCUT2D eigenvalue weighted by atomic mass is 35.5. The first kappa shape index (κ1) is 22.9. The van der Waals surface area contributed by atoms with Crippen molar-refractivity contribution in [3.05, 3.63) is 58.6 Å². The molecule has 0 saturated carbocycles. The van der Waals surface area contributed by atoms with Crippen LogP contribution in [0.1, 0.15) is 25.0 Å². The number of anilines is 1. The molecule has 30 heavy (non-hydrogen) atoms. The molecule has 0 unspecified atom stereocenters. The monoisotopic (exact) mass is 430 g/mol. The zero-order chi connectivity index (χ0) is 22.1. The lowest BCUT2D eigenvalue weighted by Gasteiger charge is -2.09. The van der Waals surface area contributed by atoms with E-state index in [0.29, 0.717) is 22.0 Å². The average molecular weight is 431 g/mol. The zero-order valence-electron chi connectivity index (χ0n) is 16.9. The molecule has 0 heterocycles. The van der Waals surface area contributed by atoms with E-state index in [-0.39, 0.29) is 18.6 Å². The molecule has 9 heteroatoms. The van der Waals surface area contributed by atoms with Crippen LogP contribution in [0.4, 0.5) is 5.69 Å². The molecule has 0 fully saturated rings. The standard InChI is InChI=1S/C21H23ClN4O4/c1-13(2)24-19(27)12-30-17-8-5-15(6-9-17)11-23-26-21(29)20(28)25-18-10-16(22)7-4-14(18)3/h4-11,13H,12H2,1-3H3,(H,24,27)(H,25,28)(H,26,29)/b23-11-. The third-order valence-corrected chi connectivity index (χ3v) is 3.97. The summed E-state index contributed by atoms with van der Waals surface area (Å²) in [7, 11) is 0. The second kappa shape index (κ2) is 11.0. The minimum absolute atomic E-state index is 0.0477. The normalized spacial score (nSPS) is 10.7. The molecule has 3 amide bonds. The first-order valence-corrected chi connectivity index (χ1v) is 9.55. The van der Waals surface area contributed by atoms with Crippen molar-refractivity contribution in [1.29, 1.82) is 0 Å². The Labute approximate surface area is 179 Å². The molecule has 3 N–H and O–H groups in total. The van der Waals surface area contributed by atoms with Crippen LogP contribution in [0.25, 0.3) is 0 Å². The van der Waals surface area contributed by atoms with Gasteiger partial charge in [-0.05, 0) is 68.3 Å². The molecular formula is C21H23ClN4O4. The number of hydrogen-bond acceptors (Lipinski definition) is 5. The quantitative estimate of drug-likeness (QED) is 0.356. The van der Waals surface area contributed by atoms with Crippen LogP contribution in [0.3, 0.4) is 0 Å². The molecule has 0 saturated heterocycles. The van der Waals surface area contributed by atoms with Crippen LogP contribution < -0.4 is 20.8 Å². The Bertz CT molecular complexity index is 943. The van der Waals surface area contributed by atoms with Gasteiger partial charge in [0.05, 0.1) is 6.21 Å². The van der Waals surface area contributed by atoms with E-state index >= 15 is 0 Å². The van der Waals surface area contributed by atoms with Crippen LogP contribution in [-0.2, 0) is 14.4 Å². The van der Waals surface area contributed by atoms with E-state index < -0.39 is 11.8 Å². The van der Waals surface area contributed by atoms with Crippen LogP contribution in [0.5, 0.6) is 5.75 Å². The minimum Gasteiger partial charge on any atom is -0.484 e. The Morgan fingerprint density at radius 2 is 1.80 bits per heavy atom. The van der Waals surface area contributed by atoms with Gasteiger partial charge in [-0.15, -0.1) is 0 Å². The molecule has 0 aliphatic rings. The second-order valence-electron chi connectivity index (χ2n) is 6.69. The lowest BCUT2D eigenvalue weighted by atomic mass is 10.2. The largest absolute Gasteiger partial charge is 0.484 e. The maximum Gasteiger partial charge on any atom is 0.329 e. The van der Waals surface area contributed by atoms with Crippen molar-refractivity contribution in [3.63, 3.8) is 0 Å². The highest BCUT2D eigenvalue weighted by Crippen LogP contribution is 2.20. The van der Waals surface area contributed by atoms with Crippen LogP contribution in [-0.4, -0.2) is 36.6 Å². The van der Waals surface area contributed by atoms with E-state index in [1.807, 2.05) is 13.8 Å². The molecule has 8 nitrogen and oxygen atoms in total. The van der Waals surface area contributed by atoms with Gasteiger partial charge in [-0.2, -0.15) is 5.10 Å². The Kier molecular flexibility index (Phi) is 8.37. The SMILES string of the molecule is Cc1ccc(Cl)cc1NC(=O)C(=O)N/N=C\c1ccc(OCC(=O)NC(C)C)cc1. The topological polar surface area (TPSA) is 109 Å². The molecule has 0 spiro atoms. The number of rotatable bonds is 7. The summed E-state index contributed by atoms with van der Waals surface area (Å²) in [5.74, 6) is -1.46. The Balaban J connectivity index is 1.83. The van der Waals surface area contributed by atoms with Crippen LogP contribution >= 0.6 is 11.6 Å².